The Hall–Kier alpha value is -5.66. The predicted octanol–water partition coefficient (Wildman–Crippen LogP) is 14.3. The third kappa shape index (κ3) is 5.28. The predicted molar refractivity (Wildman–Crippen MR) is 245 cm³/mol. The molecule has 2 aliphatic rings. The van der Waals surface area contributed by atoms with E-state index < -0.39 is 0 Å². The van der Waals surface area contributed by atoms with Crippen molar-refractivity contribution >= 4 is 34.1 Å². The van der Waals surface area contributed by atoms with E-state index in [0.29, 0.717) is 5.56 Å². The maximum Gasteiger partial charge on any atom is 0.0991 e. The molecule has 2 aliphatic heterocycles. The number of fused-ring (bicyclic) bond motifs is 4. The normalized spacial score (nSPS) is 12.9. The fourth-order valence-electron chi connectivity index (χ4n) is 10.4. The van der Waals surface area contributed by atoms with Crippen molar-refractivity contribution in [3.05, 3.63) is 153 Å². The number of hydrogen-bond acceptors (Lipinski definition) is 4. The van der Waals surface area contributed by atoms with E-state index in [4.69, 9.17) is 4.98 Å². The van der Waals surface area contributed by atoms with E-state index >= 15 is 0 Å². The smallest absolute Gasteiger partial charge is 0.0991 e. The van der Waals surface area contributed by atoms with E-state index in [9.17, 15) is 5.26 Å². The second-order valence-electron chi connectivity index (χ2n) is 17.6. The minimum atomic E-state index is 0.638. The maximum absolute atomic E-state index is 10.4. The molecule has 0 N–H and O–H groups in total. The van der Waals surface area contributed by atoms with Gasteiger partial charge in [0.25, 0.3) is 0 Å². The van der Waals surface area contributed by atoms with Crippen LogP contribution in [0.15, 0.2) is 36.7 Å². The molecule has 294 valence electrons. The summed E-state index contributed by atoms with van der Waals surface area (Å²) in [6, 6.07) is 10.7. The molecule has 6 aromatic rings. The summed E-state index contributed by atoms with van der Waals surface area (Å²) in [5.41, 5.74) is 36.7. The first-order chi connectivity index (χ1) is 27.4. The van der Waals surface area contributed by atoms with Crippen molar-refractivity contribution in [2.75, 3.05) is 9.80 Å². The van der Waals surface area contributed by atoms with E-state index in [-0.39, 0.29) is 0 Å². The van der Waals surface area contributed by atoms with E-state index in [0.717, 1.165) is 35.3 Å². The monoisotopic (exact) mass is 762 g/mol. The SMILES string of the molecule is Cc1c(C)c(C)c2c(c1C)Cc1c(C)c(C)c(C)c(C)c1N2c1cncc(N2c3c(C)c(C)c(C)c(C)c3Cc3c(C)c(C)c(C)c(C)c32)c1-c1cccc(C#N)c1. The van der Waals surface area contributed by atoms with Crippen LogP contribution in [-0.2, 0) is 12.8 Å². The molecule has 0 atom stereocenters. The topological polar surface area (TPSA) is 43.2 Å². The van der Waals surface area contributed by atoms with Crippen molar-refractivity contribution in [1.82, 2.24) is 4.98 Å². The van der Waals surface area contributed by atoms with Crippen LogP contribution < -0.4 is 9.80 Å². The Morgan fingerprint density at radius 3 is 1.05 bits per heavy atom. The lowest BCUT2D eigenvalue weighted by molar-refractivity contribution is 0.986. The van der Waals surface area contributed by atoms with Crippen LogP contribution in [0, 0.1) is 122 Å². The van der Waals surface area contributed by atoms with Crippen molar-refractivity contribution in [2.45, 2.75) is 124 Å². The molecule has 0 radical (unpaired) electrons. The summed E-state index contributed by atoms with van der Waals surface area (Å²) in [5.74, 6) is 0. The van der Waals surface area contributed by atoms with Crippen LogP contribution in [0.25, 0.3) is 11.1 Å². The Labute approximate surface area is 347 Å². The molecule has 8 rings (SSSR count). The molecule has 0 saturated carbocycles. The molecule has 0 amide bonds. The molecule has 3 heterocycles. The first-order valence-corrected chi connectivity index (χ1v) is 20.9. The van der Waals surface area contributed by atoms with Gasteiger partial charge in [0, 0.05) is 18.4 Å². The molecule has 0 unspecified atom stereocenters. The standard InChI is InChI=1S/C54H58N4/c1-26-30(5)38(13)51-44(34(26)9)21-45-35(10)27(2)31(6)39(14)52(45)57(51)48-24-56-25-49(50(48)43-19-17-18-42(20-43)23-55)58-53-40(15)32(7)28(3)36(11)46(53)22-47-37(12)29(4)33(8)41(16)54(47)58/h17-20,24-25H,21-22H2,1-16H3. The Bertz CT molecular complexity index is 2560. The molecule has 58 heavy (non-hydrogen) atoms. The highest BCUT2D eigenvalue weighted by atomic mass is 15.2. The summed E-state index contributed by atoms with van der Waals surface area (Å²) in [4.78, 5) is 10.4. The van der Waals surface area contributed by atoms with Crippen molar-refractivity contribution in [1.29, 1.82) is 5.26 Å². The molecule has 5 aromatic carbocycles. The molecule has 4 nitrogen and oxygen atoms in total. The van der Waals surface area contributed by atoms with Crippen molar-refractivity contribution in [3.8, 4) is 17.2 Å². The number of aromatic nitrogens is 1. The second kappa shape index (κ2) is 13.7. The minimum Gasteiger partial charge on any atom is -0.307 e. The molecular formula is C54H58N4. The van der Waals surface area contributed by atoms with Gasteiger partial charge in [-0.05, 0) is 240 Å². The van der Waals surface area contributed by atoms with Crippen molar-refractivity contribution in [3.63, 3.8) is 0 Å². The van der Waals surface area contributed by atoms with Gasteiger partial charge in [0.15, 0.2) is 0 Å². The van der Waals surface area contributed by atoms with Gasteiger partial charge in [-0.15, -0.1) is 0 Å². The summed E-state index contributed by atoms with van der Waals surface area (Å²) >= 11 is 0. The lowest BCUT2D eigenvalue weighted by atomic mass is 9.80. The van der Waals surface area contributed by atoms with Gasteiger partial charge in [0.1, 0.15) is 0 Å². The Morgan fingerprint density at radius 1 is 0.431 bits per heavy atom. The molecule has 0 spiro atoms. The van der Waals surface area contributed by atoms with Crippen LogP contribution in [-0.4, -0.2) is 4.98 Å². The van der Waals surface area contributed by atoms with Crippen LogP contribution in [0.5, 0.6) is 0 Å². The lowest BCUT2D eigenvalue weighted by Gasteiger charge is -2.43. The van der Waals surface area contributed by atoms with Crippen molar-refractivity contribution in [2.24, 2.45) is 0 Å². The zero-order valence-corrected chi connectivity index (χ0v) is 37.7. The van der Waals surface area contributed by atoms with Crippen LogP contribution in [0.3, 0.4) is 0 Å². The number of anilines is 6. The van der Waals surface area contributed by atoms with Gasteiger partial charge in [0.2, 0.25) is 0 Å². The number of nitrogens with zero attached hydrogens (tertiary/aromatic N) is 4. The Morgan fingerprint density at radius 2 is 0.741 bits per heavy atom. The van der Waals surface area contributed by atoms with Crippen LogP contribution >= 0.6 is 0 Å². The molecule has 0 fully saturated rings. The Balaban J connectivity index is 1.61. The average molecular weight is 763 g/mol. The third-order valence-electron chi connectivity index (χ3n) is 15.4. The lowest BCUT2D eigenvalue weighted by Crippen LogP contribution is -2.27. The van der Waals surface area contributed by atoms with Crippen LogP contribution in [0.4, 0.5) is 34.1 Å². The number of rotatable bonds is 3. The highest BCUT2D eigenvalue weighted by molar-refractivity contribution is 6.03. The average Bonchev–Trinajstić information content (AvgIpc) is 3.23. The zero-order chi connectivity index (χ0) is 42.0. The quantitative estimate of drug-likeness (QED) is 0.180. The summed E-state index contributed by atoms with van der Waals surface area (Å²) < 4.78 is 0. The second-order valence-corrected chi connectivity index (χ2v) is 17.6. The van der Waals surface area contributed by atoms with Crippen molar-refractivity contribution < 1.29 is 0 Å². The summed E-state index contributed by atoms with van der Waals surface area (Å²) in [7, 11) is 0. The fourth-order valence-corrected chi connectivity index (χ4v) is 10.4. The van der Waals surface area contributed by atoms with Gasteiger partial charge < -0.3 is 9.80 Å². The van der Waals surface area contributed by atoms with Gasteiger partial charge in [-0.1, -0.05) is 12.1 Å². The van der Waals surface area contributed by atoms with E-state index in [1.807, 2.05) is 12.1 Å². The molecular weight excluding hydrogens is 705 g/mol. The van der Waals surface area contributed by atoms with Gasteiger partial charge in [-0.3, -0.25) is 4.98 Å². The maximum atomic E-state index is 10.4. The van der Waals surface area contributed by atoms with Crippen LogP contribution in [0.1, 0.15) is 117 Å². The molecule has 1 aromatic heterocycles. The summed E-state index contributed by atoms with van der Waals surface area (Å²) in [6.07, 6.45) is 5.95. The molecule has 0 aliphatic carbocycles. The molecule has 0 saturated heterocycles. The molecule has 4 heteroatoms. The van der Waals surface area contributed by atoms with Gasteiger partial charge in [-0.25, -0.2) is 0 Å². The molecule has 0 bridgehead atoms. The fraction of sp³-hybridized carbons (Fsp3) is 0.333. The third-order valence-corrected chi connectivity index (χ3v) is 15.4. The first-order valence-electron chi connectivity index (χ1n) is 20.9. The van der Waals surface area contributed by atoms with E-state index in [1.54, 1.807) is 0 Å². The largest absolute Gasteiger partial charge is 0.307 e. The number of pyridine rings is 1. The van der Waals surface area contributed by atoms with Gasteiger partial charge in [-0.2, -0.15) is 5.26 Å². The Kier molecular flexibility index (Phi) is 9.28. The number of hydrogen-bond donors (Lipinski definition) is 0. The highest BCUT2D eigenvalue weighted by Crippen LogP contribution is 2.58. The number of nitriles is 1. The summed E-state index contributed by atoms with van der Waals surface area (Å²) in [5, 5.41) is 10.4. The minimum absolute atomic E-state index is 0.638. The number of benzene rings is 5. The van der Waals surface area contributed by atoms with Gasteiger partial charge >= 0.3 is 0 Å². The zero-order valence-electron chi connectivity index (χ0n) is 37.7. The first kappa shape index (κ1) is 39.2. The van der Waals surface area contributed by atoms with E-state index in [1.165, 1.54) is 134 Å². The summed E-state index contributed by atoms with van der Waals surface area (Å²) in [6.45, 7) is 36.7. The highest BCUT2D eigenvalue weighted by Gasteiger charge is 2.38. The van der Waals surface area contributed by atoms with Crippen LogP contribution in [0.2, 0.25) is 0 Å². The van der Waals surface area contributed by atoms with E-state index in [2.05, 4.69) is 151 Å². The van der Waals surface area contributed by atoms with Gasteiger partial charge in [0.05, 0.1) is 58.2 Å².